The molecule has 0 aromatic carbocycles. The molecule has 0 saturated heterocycles. The van der Waals surface area contributed by atoms with Gasteiger partial charge in [-0.2, -0.15) is 0 Å². The van der Waals surface area contributed by atoms with Gasteiger partial charge in [-0.3, -0.25) is 0 Å². The van der Waals surface area contributed by atoms with E-state index < -0.39 is 0 Å². The monoisotopic (exact) mass is 198 g/mol. The van der Waals surface area contributed by atoms with Crippen LogP contribution in [0.4, 0.5) is 0 Å². The lowest BCUT2D eigenvalue weighted by atomic mass is 10.2. The van der Waals surface area contributed by atoms with E-state index in [-0.39, 0.29) is 5.60 Å². The Hall–Kier alpha value is -0.410. The Morgan fingerprint density at radius 2 is 2.23 bits per heavy atom. The van der Waals surface area contributed by atoms with Crippen LogP contribution in [-0.4, -0.2) is 17.2 Å². The van der Waals surface area contributed by atoms with E-state index in [4.69, 9.17) is 4.74 Å². The molecule has 1 aromatic heterocycles. The van der Waals surface area contributed by atoms with Crippen LogP contribution in [0.5, 0.6) is 0 Å². The van der Waals surface area contributed by atoms with Crippen LogP contribution in [-0.2, 0) is 4.74 Å². The minimum atomic E-state index is -0.0667. The molecule has 0 atom stereocenters. The van der Waals surface area contributed by atoms with E-state index in [0.717, 1.165) is 10.7 Å². The van der Waals surface area contributed by atoms with Gasteiger partial charge in [-0.25, -0.2) is 4.98 Å². The first-order valence-corrected chi connectivity index (χ1v) is 5.25. The average molecular weight is 198 g/mol. The molecule has 0 fully saturated rings. The minimum Gasteiger partial charge on any atom is -0.375 e. The second kappa shape index (κ2) is 4.20. The molecule has 0 N–H and O–H groups in total. The molecule has 0 aliphatic heterocycles. The maximum absolute atomic E-state index is 5.55. The second-order valence-electron chi connectivity index (χ2n) is 3.95. The first-order chi connectivity index (χ1) is 5.97. The number of thiazole rings is 1. The van der Waals surface area contributed by atoms with Crippen LogP contribution in [0.3, 0.4) is 0 Å². The fourth-order valence-electron chi connectivity index (χ4n) is 0.829. The van der Waals surface area contributed by atoms with Gasteiger partial charge in [-0.15, -0.1) is 11.3 Å². The number of hydrogen-bond acceptors (Lipinski definition) is 3. The van der Waals surface area contributed by atoms with Crippen LogP contribution in [0.15, 0.2) is 5.38 Å². The van der Waals surface area contributed by atoms with Crippen molar-refractivity contribution in [3.05, 3.63) is 22.5 Å². The third-order valence-electron chi connectivity index (χ3n) is 1.41. The zero-order valence-electron chi connectivity index (χ0n) is 8.63. The summed E-state index contributed by atoms with van der Waals surface area (Å²) in [5.74, 6) is 0. The molecule has 73 valence electrons. The van der Waals surface area contributed by atoms with Gasteiger partial charge in [0.05, 0.1) is 17.2 Å². The summed E-state index contributed by atoms with van der Waals surface area (Å²) in [6.45, 7) is 8.78. The number of aryl methyl sites for hydroxylation is 1. The van der Waals surface area contributed by atoms with Crippen LogP contribution < -0.4 is 0 Å². The summed E-state index contributed by atoms with van der Waals surface area (Å²) in [6, 6.07) is 0. The molecule has 0 unspecified atom stereocenters. The zero-order valence-corrected chi connectivity index (χ0v) is 9.44. The molecule has 1 rings (SSSR count). The molecule has 0 saturated carbocycles. The van der Waals surface area contributed by atoms with E-state index in [0.29, 0.717) is 6.61 Å². The Bertz CT molecular complexity index is 262. The SMILES string of the molecule is Cc1csc([CH]COC(C)(C)C)n1. The summed E-state index contributed by atoms with van der Waals surface area (Å²) < 4.78 is 5.55. The highest BCUT2D eigenvalue weighted by atomic mass is 32.1. The molecular weight excluding hydrogens is 182 g/mol. The van der Waals surface area contributed by atoms with Gasteiger partial charge in [0, 0.05) is 17.5 Å². The molecule has 0 spiro atoms. The topological polar surface area (TPSA) is 22.1 Å². The van der Waals surface area contributed by atoms with Gasteiger partial charge in [0.1, 0.15) is 0 Å². The molecule has 0 bridgehead atoms. The van der Waals surface area contributed by atoms with Gasteiger partial charge >= 0.3 is 0 Å². The highest BCUT2D eigenvalue weighted by molar-refractivity contribution is 7.09. The molecule has 2 nitrogen and oxygen atoms in total. The van der Waals surface area contributed by atoms with Gasteiger partial charge in [0.25, 0.3) is 0 Å². The Morgan fingerprint density at radius 3 is 2.69 bits per heavy atom. The summed E-state index contributed by atoms with van der Waals surface area (Å²) in [5.41, 5.74) is 1.01. The lowest BCUT2D eigenvalue weighted by molar-refractivity contribution is 0.0108. The predicted molar refractivity (Wildman–Crippen MR) is 56.0 cm³/mol. The van der Waals surface area contributed by atoms with Crippen molar-refractivity contribution in [2.24, 2.45) is 0 Å². The second-order valence-corrected chi connectivity index (χ2v) is 4.84. The number of nitrogens with zero attached hydrogens (tertiary/aromatic N) is 1. The van der Waals surface area contributed by atoms with E-state index in [1.165, 1.54) is 0 Å². The predicted octanol–water partition coefficient (Wildman–Crippen LogP) is 2.82. The first-order valence-electron chi connectivity index (χ1n) is 4.37. The van der Waals surface area contributed by atoms with Gasteiger partial charge < -0.3 is 4.74 Å². The molecule has 1 heterocycles. The minimum absolute atomic E-state index is 0.0667. The van der Waals surface area contributed by atoms with Crippen molar-refractivity contribution in [3.8, 4) is 0 Å². The molecule has 0 aliphatic carbocycles. The Morgan fingerprint density at radius 1 is 1.54 bits per heavy atom. The van der Waals surface area contributed by atoms with Crippen LogP contribution >= 0.6 is 11.3 Å². The maximum atomic E-state index is 5.55. The van der Waals surface area contributed by atoms with Gasteiger partial charge in [0.2, 0.25) is 0 Å². The van der Waals surface area contributed by atoms with Crippen molar-refractivity contribution in [2.45, 2.75) is 33.3 Å². The number of rotatable bonds is 3. The quantitative estimate of drug-likeness (QED) is 0.745. The van der Waals surface area contributed by atoms with Crippen molar-refractivity contribution in [1.82, 2.24) is 4.98 Å². The Kier molecular flexibility index (Phi) is 3.45. The van der Waals surface area contributed by atoms with Gasteiger partial charge in [-0.1, -0.05) is 0 Å². The summed E-state index contributed by atoms with van der Waals surface area (Å²) >= 11 is 1.65. The highest BCUT2D eigenvalue weighted by Gasteiger charge is 2.10. The largest absolute Gasteiger partial charge is 0.375 e. The normalized spacial score (nSPS) is 12.0. The van der Waals surface area contributed by atoms with Gasteiger partial charge in [-0.05, 0) is 27.7 Å². The molecule has 13 heavy (non-hydrogen) atoms. The summed E-state index contributed by atoms with van der Waals surface area (Å²) in [4.78, 5) is 4.31. The average Bonchev–Trinajstić information content (AvgIpc) is 2.33. The van der Waals surface area contributed by atoms with E-state index in [2.05, 4.69) is 4.98 Å². The molecule has 0 aliphatic rings. The smallest absolute Gasteiger partial charge is 0.0990 e. The van der Waals surface area contributed by atoms with Crippen molar-refractivity contribution in [3.63, 3.8) is 0 Å². The van der Waals surface area contributed by atoms with Crippen LogP contribution in [0.1, 0.15) is 31.5 Å². The molecule has 3 heteroatoms. The zero-order chi connectivity index (χ0) is 9.90. The molecule has 0 amide bonds. The fraction of sp³-hybridized carbons (Fsp3) is 0.600. The third kappa shape index (κ3) is 4.39. The number of ether oxygens (including phenoxy) is 1. The summed E-state index contributed by atoms with van der Waals surface area (Å²) in [7, 11) is 0. The van der Waals surface area contributed by atoms with Crippen molar-refractivity contribution in [2.75, 3.05) is 6.61 Å². The van der Waals surface area contributed by atoms with Crippen LogP contribution in [0, 0.1) is 13.3 Å². The van der Waals surface area contributed by atoms with Crippen molar-refractivity contribution >= 4 is 11.3 Å². The number of aromatic nitrogens is 1. The standard InChI is InChI=1S/C10H16NOS/c1-8-7-13-9(11-8)5-6-12-10(2,3)4/h5,7H,6H2,1-4H3. The first kappa shape index (κ1) is 10.7. The molecule has 1 aromatic rings. The van der Waals surface area contributed by atoms with Crippen molar-refractivity contribution < 1.29 is 4.74 Å². The Labute approximate surface area is 84.0 Å². The van der Waals surface area contributed by atoms with Crippen molar-refractivity contribution in [1.29, 1.82) is 0 Å². The lowest BCUT2D eigenvalue weighted by Gasteiger charge is -2.18. The summed E-state index contributed by atoms with van der Waals surface area (Å²) in [5, 5.41) is 3.09. The number of hydrogen-bond donors (Lipinski definition) is 0. The van der Waals surface area contributed by atoms with E-state index in [1.54, 1.807) is 11.3 Å². The Balaban J connectivity index is 2.28. The van der Waals surface area contributed by atoms with E-state index >= 15 is 0 Å². The third-order valence-corrected chi connectivity index (χ3v) is 2.37. The molecular formula is C10H16NOS. The van der Waals surface area contributed by atoms with Crippen LogP contribution in [0.2, 0.25) is 0 Å². The van der Waals surface area contributed by atoms with E-state index in [1.807, 2.05) is 39.5 Å². The fourth-order valence-corrected chi connectivity index (χ4v) is 1.53. The molecule has 1 radical (unpaired) electrons. The van der Waals surface area contributed by atoms with Gasteiger partial charge in [0.15, 0.2) is 0 Å². The van der Waals surface area contributed by atoms with Crippen LogP contribution in [0.25, 0.3) is 0 Å². The summed E-state index contributed by atoms with van der Waals surface area (Å²) in [6.07, 6.45) is 2.02. The maximum Gasteiger partial charge on any atom is 0.0990 e. The highest BCUT2D eigenvalue weighted by Crippen LogP contribution is 2.13. The van der Waals surface area contributed by atoms with E-state index in [9.17, 15) is 0 Å². The lowest BCUT2D eigenvalue weighted by Crippen LogP contribution is -2.19.